The molecule has 23 heavy (non-hydrogen) atoms. The summed E-state index contributed by atoms with van der Waals surface area (Å²) >= 11 is 0. The van der Waals surface area contributed by atoms with E-state index in [-0.39, 0.29) is 5.56 Å². The van der Waals surface area contributed by atoms with Crippen LogP contribution < -0.4 is 20.8 Å². The lowest BCUT2D eigenvalue weighted by Crippen LogP contribution is -2.14. The van der Waals surface area contributed by atoms with Crippen LogP contribution in [0.15, 0.2) is 53.3 Å². The summed E-state index contributed by atoms with van der Waals surface area (Å²) in [5.74, 6) is 1.39. The van der Waals surface area contributed by atoms with Crippen LogP contribution in [-0.2, 0) is 0 Å². The van der Waals surface area contributed by atoms with Crippen molar-refractivity contribution in [2.24, 2.45) is 5.73 Å². The van der Waals surface area contributed by atoms with Crippen LogP contribution in [0.4, 0.5) is 0 Å². The highest BCUT2D eigenvalue weighted by Crippen LogP contribution is 2.34. The molecule has 0 atom stereocenters. The number of ether oxygens (including phenoxy) is 2. The number of rotatable bonds is 5. The van der Waals surface area contributed by atoms with Gasteiger partial charge in [0, 0.05) is 17.5 Å². The van der Waals surface area contributed by atoms with E-state index in [9.17, 15) is 4.79 Å². The summed E-state index contributed by atoms with van der Waals surface area (Å²) in [5.41, 5.74) is 6.91. The van der Waals surface area contributed by atoms with Crippen molar-refractivity contribution in [1.82, 2.24) is 4.98 Å². The van der Waals surface area contributed by atoms with Crippen LogP contribution in [0, 0.1) is 0 Å². The van der Waals surface area contributed by atoms with Crippen molar-refractivity contribution < 1.29 is 9.47 Å². The van der Waals surface area contributed by atoms with Crippen LogP contribution in [0.1, 0.15) is 0 Å². The average molecular weight is 310 g/mol. The molecular formula is C18H18N2O3. The smallest absolute Gasteiger partial charge is 0.256 e. The summed E-state index contributed by atoms with van der Waals surface area (Å²) < 4.78 is 11.0. The molecular weight excluding hydrogens is 292 g/mol. The zero-order valence-corrected chi connectivity index (χ0v) is 12.8. The highest BCUT2D eigenvalue weighted by atomic mass is 16.5. The van der Waals surface area contributed by atoms with E-state index in [1.54, 1.807) is 13.2 Å². The van der Waals surface area contributed by atoms with Gasteiger partial charge in [-0.3, -0.25) is 4.79 Å². The topological polar surface area (TPSA) is 77.3 Å². The number of aromatic nitrogens is 1. The Hall–Kier alpha value is -2.79. The average Bonchev–Trinajstić information content (AvgIpc) is 2.61. The normalized spacial score (nSPS) is 10.7. The molecule has 0 saturated heterocycles. The number of nitrogens with two attached hydrogens (primary N) is 1. The zero-order chi connectivity index (χ0) is 16.2. The molecule has 5 nitrogen and oxygen atoms in total. The van der Waals surface area contributed by atoms with Gasteiger partial charge < -0.3 is 20.2 Å². The number of benzene rings is 2. The molecule has 1 aromatic heterocycles. The number of fused-ring (bicyclic) bond motifs is 1. The molecule has 0 amide bonds. The Balaban J connectivity index is 2.23. The van der Waals surface area contributed by atoms with Crippen molar-refractivity contribution in [1.29, 1.82) is 0 Å². The first-order valence-corrected chi connectivity index (χ1v) is 7.37. The van der Waals surface area contributed by atoms with E-state index >= 15 is 0 Å². The van der Waals surface area contributed by atoms with Gasteiger partial charge in [0.05, 0.1) is 18.2 Å². The lowest BCUT2D eigenvalue weighted by Gasteiger charge is -2.14. The summed E-state index contributed by atoms with van der Waals surface area (Å²) in [4.78, 5) is 15.3. The van der Waals surface area contributed by atoms with E-state index in [0.29, 0.717) is 30.0 Å². The Kier molecular flexibility index (Phi) is 4.30. The summed E-state index contributed by atoms with van der Waals surface area (Å²) in [6, 6.07) is 14.8. The molecule has 0 spiro atoms. The standard InChI is InChI=1S/C18H18N2O3/c1-22-13-8-6-12(7-9-13)16-17(23-11-10-19)14-4-2-3-5-15(14)18(21)20-16/h2-9H,10-11,19H2,1H3,(H,20,21). The van der Waals surface area contributed by atoms with Crippen molar-refractivity contribution in [2.45, 2.75) is 0 Å². The Morgan fingerprint density at radius 1 is 1.04 bits per heavy atom. The molecule has 3 aromatic rings. The first-order chi connectivity index (χ1) is 11.2. The maximum absolute atomic E-state index is 12.4. The number of H-pyrrole nitrogens is 1. The second-order valence-corrected chi connectivity index (χ2v) is 5.07. The van der Waals surface area contributed by atoms with Gasteiger partial charge in [0.25, 0.3) is 5.56 Å². The van der Waals surface area contributed by atoms with Gasteiger partial charge in [0.2, 0.25) is 0 Å². The zero-order valence-electron chi connectivity index (χ0n) is 12.8. The molecule has 0 unspecified atom stereocenters. The number of hydrogen-bond donors (Lipinski definition) is 2. The minimum absolute atomic E-state index is 0.147. The molecule has 0 saturated carbocycles. The third kappa shape index (κ3) is 2.91. The van der Waals surface area contributed by atoms with Gasteiger partial charge in [-0.15, -0.1) is 0 Å². The maximum atomic E-state index is 12.4. The van der Waals surface area contributed by atoms with Crippen LogP contribution in [0.5, 0.6) is 11.5 Å². The number of pyridine rings is 1. The second-order valence-electron chi connectivity index (χ2n) is 5.07. The molecule has 0 radical (unpaired) electrons. The van der Waals surface area contributed by atoms with Gasteiger partial charge in [-0.05, 0) is 30.3 Å². The number of aromatic amines is 1. The highest BCUT2D eigenvalue weighted by Gasteiger charge is 2.14. The molecule has 118 valence electrons. The summed E-state index contributed by atoms with van der Waals surface area (Å²) in [6.45, 7) is 0.773. The van der Waals surface area contributed by atoms with E-state index in [4.69, 9.17) is 15.2 Å². The number of nitrogens with one attached hydrogen (secondary N) is 1. The lowest BCUT2D eigenvalue weighted by molar-refractivity contribution is 0.332. The summed E-state index contributed by atoms with van der Waals surface area (Å²) in [6.07, 6.45) is 0. The van der Waals surface area contributed by atoms with E-state index < -0.39 is 0 Å². The van der Waals surface area contributed by atoms with Crippen molar-refractivity contribution in [3.8, 4) is 22.8 Å². The van der Waals surface area contributed by atoms with Crippen LogP contribution in [0.25, 0.3) is 22.0 Å². The third-order valence-electron chi connectivity index (χ3n) is 3.62. The Labute approximate surface area is 133 Å². The van der Waals surface area contributed by atoms with E-state index in [1.807, 2.05) is 42.5 Å². The lowest BCUT2D eigenvalue weighted by atomic mass is 10.1. The minimum atomic E-state index is -0.147. The minimum Gasteiger partial charge on any atom is -0.497 e. The van der Waals surface area contributed by atoms with Gasteiger partial charge in [-0.1, -0.05) is 18.2 Å². The Morgan fingerprint density at radius 2 is 1.74 bits per heavy atom. The van der Waals surface area contributed by atoms with Crippen LogP contribution in [0.2, 0.25) is 0 Å². The second kappa shape index (κ2) is 6.54. The molecule has 0 bridgehead atoms. The maximum Gasteiger partial charge on any atom is 0.256 e. The molecule has 0 aliphatic heterocycles. The quantitative estimate of drug-likeness (QED) is 0.759. The molecule has 2 aromatic carbocycles. The van der Waals surface area contributed by atoms with Crippen molar-refractivity contribution >= 4 is 10.8 Å². The van der Waals surface area contributed by atoms with Gasteiger partial charge >= 0.3 is 0 Å². The highest BCUT2D eigenvalue weighted by molar-refractivity contribution is 5.92. The Morgan fingerprint density at radius 3 is 2.39 bits per heavy atom. The third-order valence-corrected chi connectivity index (χ3v) is 3.62. The fourth-order valence-electron chi connectivity index (χ4n) is 2.52. The molecule has 3 N–H and O–H groups in total. The molecule has 0 aliphatic rings. The first-order valence-electron chi connectivity index (χ1n) is 7.37. The molecule has 0 aliphatic carbocycles. The fraction of sp³-hybridized carbons (Fsp3) is 0.167. The van der Waals surface area contributed by atoms with E-state index in [1.165, 1.54) is 0 Å². The van der Waals surface area contributed by atoms with Crippen LogP contribution in [-0.4, -0.2) is 25.2 Å². The Bertz CT molecular complexity index is 870. The monoisotopic (exact) mass is 310 g/mol. The van der Waals surface area contributed by atoms with Gasteiger partial charge in [0.1, 0.15) is 12.4 Å². The van der Waals surface area contributed by atoms with E-state index in [0.717, 1.165) is 16.7 Å². The van der Waals surface area contributed by atoms with Crippen LogP contribution >= 0.6 is 0 Å². The summed E-state index contributed by atoms with van der Waals surface area (Å²) in [5, 5.41) is 1.37. The van der Waals surface area contributed by atoms with Gasteiger partial charge in [-0.2, -0.15) is 0 Å². The van der Waals surface area contributed by atoms with E-state index in [2.05, 4.69) is 4.98 Å². The number of hydrogen-bond acceptors (Lipinski definition) is 4. The molecule has 1 heterocycles. The molecule has 0 fully saturated rings. The van der Waals surface area contributed by atoms with Crippen molar-refractivity contribution in [3.63, 3.8) is 0 Å². The summed E-state index contributed by atoms with van der Waals surface area (Å²) in [7, 11) is 1.61. The predicted molar refractivity (Wildman–Crippen MR) is 91.1 cm³/mol. The van der Waals surface area contributed by atoms with Crippen molar-refractivity contribution in [2.75, 3.05) is 20.3 Å². The fourth-order valence-corrected chi connectivity index (χ4v) is 2.52. The van der Waals surface area contributed by atoms with Crippen molar-refractivity contribution in [3.05, 3.63) is 58.9 Å². The molecule has 3 rings (SSSR count). The largest absolute Gasteiger partial charge is 0.497 e. The van der Waals surface area contributed by atoms with Crippen LogP contribution in [0.3, 0.4) is 0 Å². The first kappa shape index (κ1) is 15.1. The van der Waals surface area contributed by atoms with Gasteiger partial charge in [-0.25, -0.2) is 0 Å². The predicted octanol–water partition coefficient (Wildman–Crippen LogP) is 2.54. The number of methoxy groups -OCH3 is 1. The molecule has 5 heteroatoms. The van der Waals surface area contributed by atoms with Gasteiger partial charge in [0.15, 0.2) is 5.75 Å². The SMILES string of the molecule is COc1ccc(-c2[nH]c(=O)c3ccccc3c2OCCN)cc1.